The Balaban J connectivity index is 1.10. The maximum Gasteiger partial charge on any atom is 0.135 e. The van der Waals surface area contributed by atoms with Gasteiger partial charge in [-0.3, -0.25) is 0 Å². The molecule has 0 radical (unpaired) electrons. The van der Waals surface area contributed by atoms with Crippen LogP contribution in [0.2, 0.25) is 0 Å². The van der Waals surface area contributed by atoms with Crippen LogP contribution in [0.3, 0.4) is 0 Å². The Hall–Kier alpha value is -7.46. The molecule has 0 atom stereocenters. The SMILES string of the molecule is CC1(C)c2ccccc2-c2cc3c(-c4ccc5oc6ccccc6c5c4)cc4sc5cc(-c6ccc7oc8ccccc8c7c6)c6cc7c(cc6c5c4c3cc21)C(C)(C)c1ccccc1-7. The molecule has 3 heteroatoms. The van der Waals surface area contributed by atoms with Crippen LogP contribution in [-0.4, -0.2) is 0 Å². The largest absolute Gasteiger partial charge is 0.456 e. The van der Waals surface area contributed by atoms with Gasteiger partial charge in [0, 0.05) is 52.5 Å². The van der Waals surface area contributed by atoms with Crippen LogP contribution in [0.4, 0.5) is 0 Å². The minimum absolute atomic E-state index is 0.148. The number of thiophene rings is 1. The predicted molar refractivity (Wildman–Crippen MR) is 275 cm³/mol. The Kier molecular flexibility index (Phi) is 6.75. The molecular weight excluding hydrogens is 809 g/mol. The fourth-order valence-electron chi connectivity index (χ4n) is 12.2. The van der Waals surface area contributed by atoms with E-state index < -0.39 is 0 Å². The van der Waals surface area contributed by atoms with E-state index in [1.807, 2.05) is 11.3 Å². The zero-order chi connectivity index (χ0) is 43.1. The molecule has 306 valence electrons. The third-order valence-electron chi connectivity index (χ3n) is 15.5. The molecule has 0 amide bonds. The van der Waals surface area contributed by atoms with Crippen molar-refractivity contribution in [1.29, 1.82) is 0 Å². The summed E-state index contributed by atoms with van der Waals surface area (Å²) in [6, 6.07) is 63.6. The Morgan fingerprint density at radius 1 is 0.308 bits per heavy atom. The molecule has 0 fully saturated rings. The standard InChI is InChI=1S/C62H40O2S/c1-61(2)49-17-9-5-13-35(49)43-27-41-39(33-21-23-55-45(25-33)37-15-7-11-19-53(37)63-55)31-57-59(47(41)29-51(43)61)60-48-30-52-44(36-14-6-10-18-50(36)62(52,3)4)28-42(48)40(32-58(60)65-57)34-22-24-56-46(26-34)38-16-8-12-20-54(38)64-56/h5-32H,1-4H3. The van der Waals surface area contributed by atoms with Crippen LogP contribution in [-0.2, 0) is 10.8 Å². The molecule has 13 aromatic rings. The quantitative estimate of drug-likeness (QED) is 0.173. The second-order valence-corrected chi connectivity index (χ2v) is 20.6. The lowest BCUT2D eigenvalue weighted by Gasteiger charge is -2.23. The van der Waals surface area contributed by atoms with Crippen LogP contribution < -0.4 is 0 Å². The first kappa shape index (κ1) is 35.9. The van der Waals surface area contributed by atoms with Gasteiger partial charge in [-0.25, -0.2) is 0 Å². The average molecular weight is 849 g/mol. The number of fused-ring (bicyclic) bond motifs is 19. The van der Waals surface area contributed by atoms with Crippen molar-refractivity contribution in [3.05, 3.63) is 192 Å². The zero-order valence-electron chi connectivity index (χ0n) is 36.4. The van der Waals surface area contributed by atoms with E-state index in [2.05, 4.69) is 198 Å². The molecule has 2 nitrogen and oxygen atoms in total. The minimum atomic E-state index is -0.148. The van der Waals surface area contributed by atoms with E-state index in [1.165, 1.54) is 108 Å². The van der Waals surface area contributed by atoms with E-state index in [9.17, 15) is 0 Å². The molecule has 3 heterocycles. The van der Waals surface area contributed by atoms with Crippen LogP contribution in [0, 0.1) is 0 Å². The second-order valence-electron chi connectivity index (χ2n) is 19.5. The van der Waals surface area contributed by atoms with Gasteiger partial charge in [0.05, 0.1) is 0 Å². The summed E-state index contributed by atoms with van der Waals surface area (Å²) in [5, 5.41) is 12.4. The molecule has 0 N–H and O–H groups in total. The van der Waals surface area contributed by atoms with E-state index >= 15 is 0 Å². The zero-order valence-corrected chi connectivity index (χ0v) is 37.2. The number of rotatable bonds is 2. The first-order valence-electron chi connectivity index (χ1n) is 22.7. The van der Waals surface area contributed by atoms with Gasteiger partial charge in [-0.05, 0) is 161 Å². The molecule has 0 saturated carbocycles. The summed E-state index contributed by atoms with van der Waals surface area (Å²) >= 11 is 1.93. The Bertz CT molecular complexity index is 4020. The van der Waals surface area contributed by atoms with E-state index in [-0.39, 0.29) is 10.8 Å². The lowest BCUT2D eigenvalue weighted by Crippen LogP contribution is -2.14. The summed E-state index contributed by atoms with van der Waals surface area (Å²) in [5.74, 6) is 0. The fraction of sp³-hybridized carbons (Fsp3) is 0.0968. The molecule has 0 unspecified atom stereocenters. The maximum atomic E-state index is 6.36. The highest BCUT2D eigenvalue weighted by atomic mass is 32.1. The van der Waals surface area contributed by atoms with Crippen LogP contribution in [0.5, 0.6) is 0 Å². The van der Waals surface area contributed by atoms with Gasteiger partial charge in [0.1, 0.15) is 22.3 Å². The van der Waals surface area contributed by atoms with Crippen molar-refractivity contribution >= 4 is 96.9 Å². The van der Waals surface area contributed by atoms with Crippen molar-refractivity contribution in [3.63, 3.8) is 0 Å². The molecule has 3 aromatic heterocycles. The van der Waals surface area contributed by atoms with Gasteiger partial charge in [-0.1, -0.05) is 125 Å². The van der Waals surface area contributed by atoms with Crippen molar-refractivity contribution in [2.45, 2.75) is 38.5 Å². The van der Waals surface area contributed by atoms with Gasteiger partial charge in [0.15, 0.2) is 0 Å². The summed E-state index contributed by atoms with van der Waals surface area (Å²) in [6.07, 6.45) is 0. The van der Waals surface area contributed by atoms with Crippen molar-refractivity contribution in [2.24, 2.45) is 0 Å². The summed E-state index contributed by atoms with van der Waals surface area (Å²) in [5.41, 5.74) is 19.1. The molecular formula is C62H40O2S. The summed E-state index contributed by atoms with van der Waals surface area (Å²) in [7, 11) is 0. The summed E-state index contributed by atoms with van der Waals surface area (Å²) in [6.45, 7) is 9.61. The third-order valence-corrected chi connectivity index (χ3v) is 16.5. The highest BCUT2D eigenvalue weighted by Crippen LogP contribution is 2.56. The molecule has 0 bridgehead atoms. The van der Waals surface area contributed by atoms with E-state index in [0.717, 1.165) is 43.9 Å². The molecule has 0 aliphatic heterocycles. The minimum Gasteiger partial charge on any atom is -0.456 e. The molecule has 2 aliphatic carbocycles. The van der Waals surface area contributed by atoms with Gasteiger partial charge in [0.2, 0.25) is 0 Å². The first-order chi connectivity index (χ1) is 31.7. The Labute approximate surface area is 379 Å². The van der Waals surface area contributed by atoms with Crippen LogP contribution >= 0.6 is 11.3 Å². The van der Waals surface area contributed by atoms with Gasteiger partial charge >= 0.3 is 0 Å². The predicted octanol–water partition coefficient (Wildman–Crippen LogP) is 18.1. The van der Waals surface area contributed by atoms with Gasteiger partial charge < -0.3 is 8.83 Å². The van der Waals surface area contributed by atoms with Gasteiger partial charge in [-0.2, -0.15) is 0 Å². The normalized spacial score (nSPS) is 14.7. The smallest absolute Gasteiger partial charge is 0.135 e. The van der Waals surface area contributed by atoms with Gasteiger partial charge in [-0.15, -0.1) is 11.3 Å². The van der Waals surface area contributed by atoms with Crippen molar-refractivity contribution in [1.82, 2.24) is 0 Å². The monoisotopic (exact) mass is 848 g/mol. The van der Waals surface area contributed by atoms with E-state index in [4.69, 9.17) is 8.83 Å². The summed E-state index contributed by atoms with van der Waals surface area (Å²) in [4.78, 5) is 0. The van der Waals surface area contributed by atoms with E-state index in [0.29, 0.717) is 0 Å². The van der Waals surface area contributed by atoms with Crippen molar-refractivity contribution < 1.29 is 8.83 Å². The van der Waals surface area contributed by atoms with E-state index in [1.54, 1.807) is 0 Å². The molecule has 2 aliphatic rings. The highest BCUT2D eigenvalue weighted by Gasteiger charge is 2.38. The fourth-order valence-corrected chi connectivity index (χ4v) is 13.5. The number of benzene rings is 10. The number of hydrogen-bond acceptors (Lipinski definition) is 3. The second kappa shape index (κ2) is 12.2. The molecule has 0 saturated heterocycles. The first-order valence-corrected chi connectivity index (χ1v) is 23.5. The topological polar surface area (TPSA) is 26.3 Å². The van der Waals surface area contributed by atoms with Crippen LogP contribution in [0.25, 0.3) is 130 Å². The lowest BCUT2D eigenvalue weighted by molar-refractivity contribution is 0.661. The Morgan fingerprint density at radius 3 is 1.20 bits per heavy atom. The van der Waals surface area contributed by atoms with Crippen LogP contribution in [0.15, 0.2) is 179 Å². The Morgan fingerprint density at radius 2 is 0.723 bits per heavy atom. The number of furan rings is 2. The number of para-hydroxylation sites is 2. The van der Waals surface area contributed by atoms with Crippen LogP contribution in [0.1, 0.15) is 49.9 Å². The van der Waals surface area contributed by atoms with Crippen molar-refractivity contribution in [3.8, 4) is 44.5 Å². The van der Waals surface area contributed by atoms with Crippen molar-refractivity contribution in [2.75, 3.05) is 0 Å². The maximum absolute atomic E-state index is 6.36. The lowest BCUT2D eigenvalue weighted by atomic mass is 9.80. The third kappa shape index (κ3) is 4.63. The molecule has 15 rings (SSSR count). The average Bonchev–Trinajstić information content (AvgIpc) is 4.11. The number of hydrogen-bond donors (Lipinski definition) is 0. The molecule has 10 aromatic carbocycles. The molecule has 65 heavy (non-hydrogen) atoms. The highest BCUT2D eigenvalue weighted by molar-refractivity contribution is 7.26. The van der Waals surface area contributed by atoms with Gasteiger partial charge in [0.25, 0.3) is 0 Å². The molecule has 0 spiro atoms. The summed E-state index contributed by atoms with van der Waals surface area (Å²) < 4.78 is 15.3.